The van der Waals surface area contributed by atoms with Gasteiger partial charge in [-0.1, -0.05) is 36.4 Å². The molecule has 1 saturated heterocycles. The highest BCUT2D eigenvalue weighted by Gasteiger charge is 2.34. The number of carbonyl (C=O) groups excluding carboxylic acids is 2. The van der Waals surface area contributed by atoms with Crippen LogP contribution < -0.4 is 9.47 Å². The summed E-state index contributed by atoms with van der Waals surface area (Å²) in [5.41, 5.74) is 2.25. The van der Waals surface area contributed by atoms with E-state index in [1.807, 2.05) is 47.2 Å². The van der Waals surface area contributed by atoms with Crippen molar-refractivity contribution in [3.05, 3.63) is 89.7 Å². The van der Waals surface area contributed by atoms with E-state index in [9.17, 15) is 9.59 Å². The summed E-state index contributed by atoms with van der Waals surface area (Å²) in [7, 11) is 1.87. The molecule has 0 radical (unpaired) electrons. The first kappa shape index (κ1) is 22.9. The summed E-state index contributed by atoms with van der Waals surface area (Å²) in [6.07, 6.45) is 4.06. The predicted octanol–water partition coefficient (Wildman–Crippen LogP) is 4.05. The van der Waals surface area contributed by atoms with E-state index < -0.39 is 0 Å². The monoisotopic (exact) mass is 471 g/mol. The maximum absolute atomic E-state index is 13.2. The Morgan fingerprint density at radius 2 is 1.74 bits per heavy atom. The number of benzene rings is 2. The van der Waals surface area contributed by atoms with Gasteiger partial charge in [-0.2, -0.15) is 0 Å². The van der Waals surface area contributed by atoms with Crippen LogP contribution in [0.25, 0.3) is 0 Å². The molecule has 2 aromatic carbocycles. The summed E-state index contributed by atoms with van der Waals surface area (Å²) in [6, 6.07) is 21.0. The Bertz CT molecular complexity index is 1180. The Morgan fingerprint density at radius 3 is 2.49 bits per heavy atom. The maximum Gasteiger partial charge on any atom is 0.272 e. The van der Waals surface area contributed by atoms with E-state index in [1.54, 1.807) is 30.5 Å². The summed E-state index contributed by atoms with van der Waals surface area (Å²) < 4.78 is 10.8. The minimum absolute atomic E-state index is 0.000670. The van der Waals surface area contributed by atoms with Crippen LogP contribution in [0.3, 0.4) is 0 Å². The van der Waals surface area contributed by atoms with Gasteiger partial charge in [-0.15, -0.1) is 0 Å². The van der Waals surface area contributed by atoms with E-state index >= 15 is 0 Å². The van der Waals surface area contributed by atoms with Gasteiger partial charge in [0.2, 0.25) is 6.79 Å². The van der Waals surface area contributed by atoms with Gasteiger partial charge in [-0.05, 0) is 61.1 Å². The van der Waals surface area contributed by atoms with Crippen molar-refractivity contribution in [3.63, 3.8) is 0 Å². The Labute approximate surface area is 205 Å². The van der Waals surface area contributed by atoms with Crippen molar-refractivity contribution in [1.29, 1.82) is 0 Å². The molecule has 1 aromatic heterocycles. The number of fused-ring (bicyclic) bond motifs is 1. The van der Waals surface area contributed by atoms with E-state index in [4.69, 9.17) is 9.47 Å². The number of nitrogens with zero attached hydrogens (tertiary/aromatic N) is 3. The molecule has 7 heteroatoms. The third-order valence-electron chi connectivity index (χ3n) is 6.98. The van der Waals surface area contributed by atoms with Crippen molar-refractivity contribution in [2.45, 2.75) is 25.3 Å². The van der Waals surface area contributed by atoms with E-state index in [-0.39, 0.29) is 30.6 Å². The van der Waals surface area contributed by atoms with E-state index in [1.165, 1.54) is 5.56 Å². The SMILES string of the molecule is CN(C(=O)c1ccccn1)C(Cc1ccccc1)C1CCN(C(=O)c2ccc3c(c2)OCO3)CC1. The molecule has 3 aromatic rings. The number of aromatic nitrogens is 1. The van der Waals surface area contributed by atoms with Crippen LogP contribution in [-0.4, -0.2) is 59.6 Å². The first-order chi connectivity index (χ1) is 17.1. The number of amides is 2. The lowest BCUT2D eigenvalue weighted by molar-refractivity contribution is 0.0519. The minimum atomic E-state index is -0.0783. The summed E-state index contributed by atoms with van der Waals surface area (Å²) >= 11 is 0. The highest BCUT2D eigenvalue weighted by atomic mass is 16.7. The van der Waals surface area contributed by atoms with Gasteiger partial charge in [-0.25, -0.2) is 0 Å². The molecule has 1 fully saturated rings. The van der Waals surface area contributed by atoms with Crippen LogP contribution in [0.15, 0.2) is 72.9 Å². The van der Waals surface area contributed by atoms with E-state index in [0.29, 0.717) is 35.8 Å². The number of likely N-dealkylation sites (N-methyl/N-ethyl adjacent to an activating group) is 1. The molecule has 3 heterocycles. The average molecular weight is 472 g/mol. The molecule has 0 spiro atoms. The fourth-order valence-corrected chi connectivity index (χ4v) is 5.00. The zero-order chi connectivity index (χ0) is 24.2. The molecule has 180 valence electrons. The Balaban J connectivity index is 1.29. The van der Waals surface area contributed by atoms with E-state index in [0.717, 1.165) is 19.3 Å². The number of carbonyl (C=O) groups is 2. The van der Waals surface area contributed by atoms with Gasteiger partial charge < -0.3 is 19.3 Å². The molecular formula is C28H29N3O4. The second-order valence-electron chi connectivity index (χ2n) is 9.09. The van der Waals surface area contributed by atoms with Crippen LogP contribution in [0.5, 0.6) is 11.5 Å². The number of ether oxygens (including phenoxy) is 2. The molecular weight excluding hydrogens is 442 g/mol. The second-order valence-corrected chi connectivity index (χ2v) is 9.09. The maximum atomic E-state index is 13.2. The smallest absolute Gasteiger partial charge is 0.272 e. The lowest BCUT2D eigenvalue weighted by atomic mass is 9.84. The number of rotatable bonds is 6. The van der Waals surface area contributed by atoms with Crippen LogP contribution >= 0.6 is 0 Å². The Morgan fingerprint density at radius 1 is 1.00 bits per heavy atom. The van der Waals surface area contributed by atoms with Gasteiger partial charge in [0.1, 0.15) is 5.69 Å². The Hall–Kier alpha value is -3.87. The van der Waals surface area contributed by atoms with Gasteiger partial charge in [0.25, 0.3) is 11.8 Å². The fourth-order valence-electron chi connectivity index (χ4n) is 5.00. The average Bonchev–Trinajstić information content (AvgIpc) is 3.40. The van der Waals surface area contributed by atoms with Gasteiger partial charge in [0.15, 0.2) is 11.5 Å². The largest absolute Gasteiger partial charge is 0.454 e. The molecule has 2 amide bonds. The second kappa shape index (κ2) is 10.2. The zero-order valence-corrected chi connectivity index (χ0v) is 19.8. The van der Waals surface area contributed by atoms with Gasteiger partial charge in [-0.3, -0.25) is 14.6 Å². The number of hydrogen-bond donors (Lipinski definition) is 0. The third kappa shape index (κ3) is 4.99. The first-order valence-corrected chi connectivity index (χ1v) is 12.0. The summed E-state index contributed by atoms with van der Waals surface area (Å²) in [6.45, 7) is 1.48. The van der Waals surface area contributed by atoms with Crippen molar-refractivity contribution < 1.29 is 19.1 Å². The van der Waals surface area contributed by atoms with Crippen molar-refractivity contribution in [2.75, 3.05) is 26.9 Å². The summed E-state index contributed by atoms with van der Waals surface area (Å²) in [5.74, 6) is 1.48. The predicted molar refractivity (Wildman–Crippen MR) is 131 cm³/mol. The summed E-state index contributed by atoms with van der Waals surface area (Å²) in [5, 5.41) is 0. The molecule has 0 bridgehead atoms. The normalized spacial score (nSPS) is 16.1. The fraction of sp³-hybridized carbons (Fsp3) is 0.321. The molecule has 7 nitrogen and oxygen atoms in total. The number of pyridine rings is 1. The van der Waals surface area contributed by atoms with Crippen molar-refractivity contribution >= 4 is 11.8 Å². The molecule has 0 aliphatic carbocycles. The molecule has 35 heavy (non-hydrogen) atoms. The lowest BCUT2D eigenvalue weighted by Crippen LogP contribution is -2.48. The van der Waals surface area contributed by atoms with Crippen LogP contribution in [0.1, 0.15) is 39.3 Å². The van der Waals surface area contributed by atoms with Crippen molar-refractivity contribution in [2.24, 2.45) is 5.92 Å². The third-order valence-corrected chi connectivity index (χ3v) is 6.98. The highest BCUT2D eigenvalue weighted by Crippen LogP contribution is 2.34. The van der Waals surface area contributed by atoms with Crippen LogP contribution in [0, 0.1) is 5.92 Å². The molecule has 2 aliphatic rings. The van der Waals surface area contributed by atoms with Crippen LogP contribution in [0.2, 0.25) is 0 Å². The quantitative estimate of drug-likeness (QED) is 0.543. The number of piperidine rings is 1. The lowest BCUT2D eigenvalue weighted by Gasteiger charge is -2.40. The molecule has 1 atom stereocenters. The standard InChI is InChI=1S/C28H29N3O4/c1-30(28(33)23-9-5-6-14-29-23)24(17-20-7-3-2-4-8-20)21-12-15-31(16-13-21)27(32)22-10-11-25-26(18-22)35-19-34-25/h2-11,14,18,21,24H,12-13,15-17,19H2,1H3. The van der Waals surface area contributed by atoms with E-state index in [2.05, 4.69) is 17.1 Å². The molecule has 0 saturated carbocycles. The number of likely N-dealkylation sites (tertiary alicyclic amines) is 1. The van der Waals surface area contributed by atoms with Gasteiger partial charge in [0.05, 0.1) is 0 Å². The molecule has 2 aliphatic heterocycles. The minimum Gasteiger partial charge on any atom is -0.454 e. The van der Waals surface area contributed by atoms with Gasteiger partial charge >= 0.3 is 0 Å². The Kier molecular flexibility index (Phi) is 6.66. The van der Waals surface area contributed by atoms with Crippen LogP contribution in [-0.2, 0) is 6.42 Å². The molecule has 5 rings (SSSR count). The molecule has 1 unspecified atom stereocenters. The van der Waals surface area contributed by atoms with Crippen molar-refractivity contribution in [3.8, 4) is 11.5 Å². The number of hydrogen-bond acceptors (Lipinski definition) is 5. The molecule has 0 N–H and O–H groups in total. The highest BCUT2D eigenvalue weighted by molar-refractivity contribution is 5.95. The zero-order valence-electron chi connectivity index (χ0n) is 19.8. The topological polar surface area (TPSA) is 72.0 Å². The van der Waals surface area contributed by atoms with Gasteiger partial charge in [0, 0.05) is 37.9 Å². The first-order valence-electron chi connectivity index (χ1n) is 12.0. The van der Waals surface area contributed by atoms with Crippen molar-refractivity contribution in [1.82, 2.24) is 14.8 Å². The van der Waals surface area contributed by atoms with Crippen LogP contribution in [0.4, 0.5) is 0 Å². The summed E-state index contributed by atoms with van der Waals surface area (Å²) in [4.78, 5) is 34.4.